The van der Waals surface area contributed by atoms with Crippen LogP contribution in [0.25, 0.3) is 0 Å². The second kappa shape index (κ2) is 7.31. The molecule has 0 radical (unpaired) electrons. The molecule has 118 valence electrons. The van der Waals surface area contributed by atoms with Crippen LogP contribution in [0, 0.1) is 0 Å². The summed E-state index contributed by atoms with van der Waals surface area (Å²) in [7, 11) is 3.15. The summed E-state index contributed by atoms with van der Waals surface area (Å²) >= 11 is 0. The van der Waals surface area contributed by atoms with Crippen molar-refractivity contribution in [3.05, 3.63) is 29.8 Å². The van der Waals surface area contributed by atoms with Crippen LogP contribution in [-0.4, -0.2) is 37.7 Å². The molecular formula is C14H20F3N3O. The van der Waals surface area contributed by atoms with E-state index in [4.69, 9.17) is 0 Å². The standard InChI is InChI=1S/C14H20F3N3O/c1-10(18-2)11-5-4-6-12(9-11)19-13(21)20(3)8-7-14(15,16)17/h4-6,9-10,18H,7-8H2,1-3H3,(H,19,21). The third-order valence-electron chi connectivity index (χ3n) is 3.15. The van der Waals surface area contributed by atoms with Gasteiger partial charge in [-0.25, -0.2) is 4.79 Å². The van der Waals surface area contributed by atoms with Gasteiger partial charge in [0.25, 0.3) is 0 Å². The number of urea groups is 1. The molecule has 21 heavy (non-hydrogen) atoms. The van der Waals surface area contributed by atoms with Gasteiger partial charge in [-0.1, -0.05) is 12.1 Å². The van der Waals surface area contributed by atoms with Crippen molar-refractivity contribution >= 4 is 11.7 Å². The molecule has 2 N–H and O–H groups in total. The number of nitrogens with one attached hydrogen (secondary N) is 2. The fourth-order valence-corrected chi connectivity index (χ4v) is 1.67. The van der Waals surface area contributed by atoms with Crippen LogP contribution in [0.4, 0.5) is 23.7 Å². The number of halogens is 3. The van der Waals surface area contributed by atoms with E-state index in [2.05, 4.69) is 10.6 Å². The van der Waals surface area contributed by atoms with Gasteiger partial charge in [0.1, 0.15) is 0 Å². The first-order valence-corrected chi connectivity index (χ1v) is 6.59. The van der Waals surface area contributed by atoms with Crippen molar-refractivity contribution < 1.29 is 18.0 Å². The van der Waals surface area contributed by atoms with Crippen molar-refractivity contribution in [3.63, 3.8) is 0 Å². The Labute approximate surface area is 122 Å². The second-order valence-corrected chi connectivity index (χ2v) is 4.85. The van der Waals surface area contributed by atoms with E-state index in [9.17, 15) is 18.0 Å². The van der Waals surface area contributed by atoms with E-state index in [1.165, 1.54) is 7.05 Å². The number of rotatable bonds is 5. The predicted molar refractivity (Wildman–Crippen MR) is 76.2 cm³/mol. The summed E-state index contributed by atoms with van der Waals surface area (Å²) in [4.78, 5) is 12.8. The number of nitrogens with zero attached hydrogens (tertiary/aromatic N) is 1. The van der Waals surface area contributed by atoms with Crippen LogP contribution in [-0.2, 0) is 0 Å². The van der Waals surface area contributed by atoms with Crippen LogP contribution in [0.2, 0.25) is 0 Å². The van der Waals surface area contributed by atoms with Gasteiger partial charge in [-0.15, -0.1) is 0 Å². The molecule has 4 nitrogen and oxygen atoms in total. The van der Waals surface area contributed by atoms with Gasteiger partial charge in [0.05, 0.1) is 6.42 Å². The molecule has 0 aliphatic carbocycles. The van der Waals surface area contributed by atoms with Gasteiger partial charge in [0, 0.05) is 25.3 Å². The lowest BCUT2D eigenvalue weighted by Gasteiger charge is -2.19. The SMILES string of the molecule is CNC(C)c1cccc(NC(=O)N(C)CCC(F)(F)F)c1. The lowest BCUT2D eigenvalue weighted by atomic mass is 10.1. The highest BCUT2D eigenvalue weighted by molar-refractivity contribution is 5.89. The molecule has 0 saturated carbocycles. The summed E-state index contributed by atoms with van der Waals surface area (Å²) in [6.45, 7) is 1.60. The molecule has 0 saturated heterocycles. The smallest absolute Gasteiger partial charge is 0.327 e. The first kappa shape index (κ1) is 17.3. The van der Waals surface area contributed by atoms with Gasteiger partial charge in [-0.3, -0.25) is 0 Å². The number of carbonyl (C=O) groups excluding carboxylic acids is 1. The highest BCUT2D eigenvalue weighted by Crippen LogP contribution is 2.20. The zero-order valence-corrected chi connectivity index (χ0v) is 12.3. The first-order chi connectivity index (χ1) is 9.73. The van der Waals surface area contributed by atoms with E-state index >= 15 is 0 Å². The summed E-state index contributed by atoms with van der Waals surface area (Å²) < 4.78 is 36.4. The van der Waals surface area contributed by atoms with Crippen LogP contribution in [0.1, 0.15) is 24.9 Å². The van der Waals surface area contributed by atoms with Crippen LogP contribution >= 0.6 is 0 Å². The molecule has 1 unspecified atom stereocenters. The minimum absolute atomic E-state index is 0.116. The van der Waals surface area contributed by atoms with Gasteiger partial charge in [0.2, 0.25) is 0 Å². The van der Waals surface area contributed by atoms with E-state index in [1.54, 1.807) is 18.2 Å². The highest BCUT2D eigenvalue weighted by atomic mass is 19.4. The predicted octanol–water partition coefficient (Wildman–Crippen LogP) is 3.38. The van der Waals surface area contributed by atoms with Crippen molar-refractivity contribution in [3.8, 4) is 0 Å². The Balaban J connectivity index is 2.62. The molecule has 1 aromatic carbocycles. The zero-order chi connectivity index (χ0) is 16.0. The van der Waals surface area contributed by atoms with E-state index < -0.39 is 18.6 Å². The maximum absolute atomic E-state index is 12.1. The van der Waals surface area contributed by atoms with Crippen LogP contribution < -0.4 is 10.6 Å². The van der Waals surface area contributed by atoms with Gasteiger partial charge in [-0.2, -0.15) is 13.2 Å². The third kappa shape index (κ3) is 6.03. The molecule has 2 amide bonds. The molecular weight excluding hydrogens is 283 g/mol. The van der Waals surface area contributed by atoms with E-state index in [0.717, 1.165) is 10.5 Å². The Bertz CT molecular complexity index is 477. The number of carbonyl (C=O) groups is 1. The third-order valence-corrected chi connectivity index (χ3v) is 3.15. The lowest BCUT2D eigenvalue weighted by Crippen LogP contribution is -2.34. The van der Waals surface area contributed by atoms with Crippen molar-refractivity contribution in [2.24, 2.45) is 0 Å². The molecule has 0 spiro atoms. The Kier molecular flexibility index (Phi) is 6.02. The highest BCUT2D eigenvalue weighted by Gasteiger charge is 2.28. The summed E-state index contributed by atoms with van der Waals surface area (Å²) in [5.74, 6) is 0. The number of alkyl halides is 3. The summed E-state index contributed by atoms with van der Waals surface area (Å²) in [5, 5.41) is 5.66. The number of anilines is 1. The average molecular weight is 303 g/mol. The minimum Gasteiger partial charge on any atom is -0.327 e. The molecule has 0 heterocycles. The second-order valence-electron chi connectivity index (χ2n) is 4.85. The molecule has 1 aromatic rings. The van der Waals surface area contributed by atoms with Crippen molar-refractivity contribution in [1.29, 1.82) is 0 Å². The molecule has 0 aliphatic rings. The van der Waals surface area contributed by atoms with Gasteiger partial charge >= 0.3 is 12.2 Å². The minimum atomic E-state index is -4.27. The first-order valence-electron chi connectivity index (χ1n) is 6.59. The van der Waals surface area contributed by atoms with Crippen molar-refractivity contribution in [2.75, 3.05) is 26.0 Å². The molecule has 1 rings (SSSR count). The topological polar surface area (TPSA) is 44.4 Å². The molecule has 0 fully saturated rings. The maximum atomic E-state index is 12.1. The molecule has 7 heteroatoms. The number of hydrogen-bond donors (Lipinski definition) is 2. The summed E-state index contributed by atoms with van der Waals surface area (Å²) in [5.41, 5.74) is 1.53. The Morgan fingerprint density at radius 3 is 2.62 bits per heavy atom. The Morgan fingerprint density at radius 2 is 2.05 bits per heavy atom. The molecule has 0 aliphatic heterocycles. The van der Waals surface area contributed by atoms with E-state index in [-0.39, 0.29) is 12.6 Å². The number of benzene rings is 1. The zero-order valence-electron chi connectivity index (χ0n) is 12.3. The lowest BCUT2D eigenvalue weighted by molar-refractivity contribution is -0.135. The largest absolute Gasteiger partial charge is 0.390 e. The summed E-state index contributed by atoms with van der Waals surface area (Å²) in [6.07, 6.45) is -5.29. The van der Waals surface area contributed by atoms with Gasteiger partial charge in [-0.05, 0) is 31.7 Å². The number of hydrogen-bond acceptors (Lipinski definition) is 2. The van der Waals surface area contributed by atoms with Gasteiger partial charge in [0.15, 0.2) is 0 Å². The van der Waals surface area contributed by atoms with E-state index in [1.807, 2.05) is 20.0 Å². The fraction of sp³-hybridized carbons (Fsp3) is 0.500. The normalized spacial score (nSPS) is 12.9. The van der Waals surface area contributed by atoms with Crippen molar-refractivity contribution in [2.45, 2.75) is 25.6 Å². The number of amides is 2. The van der Waals surface area contributed by atoms with E-state index in [0.29, 0.717) is 5.69 Å². The maximum Gasteiger partial charge on any atom is 0.390 e. The summed E-state index contributed by atoms with van der Waals surface area (Å²) in [6, 6.07) is 6.73. The van der Waals surface area contributed by atoms with Crippen LogP contribution in [0.15, 0.2) is 24.3 Å². The van der Waals surface area contributed by atoms with Crippen LogP contribution in [0.3, 0.4) is 0 Å². The fourth-order valence-electron chi connectivity index (χ4n) is 1.67. The van der Waals surface area contributed by atoms with Crippen molar-refractivity contribution in [1.82, 2.24) is 10.2 Å². The van der Waals surface area contributed by atoms with Crippen LogP contribution in [0.5, 0.6) is 0 Å². The molecule has 0 bridgehead atoms. The van der Waals surface area contributed by atoms with Gasteiger partial charge < -0.3 is 15.5 Å². The molecule has 0 aromatic heterocycles. The Morgan fingerprint density at radius 1 is 1.38 bits per heavy atom. The monoisotopic (exact) mass is 303 g/mol. The molecule has 1 atom stereocenters. The Hall–Kier alpha value is -1.76. The average Bonchev–Trinajstić information content (AvgIpc) is 2.43. The quantitative estimate of drug-likeness (QED) is 0.876.